The number of halogens is 3. The van der Waals surface area contributed by atoms with Crippen LogP contribution in [0, 0.1) is 6.92 Å². The Kier molecular flexibility index (Phi) is 3.57. The molecule has 0 aliphatic heterocycles. The maximum absolute atomic E-state index is 12.9. The smallest absolute Gasteiger partial charge is 0.319 e. The Hall–Kier alpha value is -1.88. The van der Waals surface area contributed by atoms with Crippen LogP contribution in [0.4, 0.5) is 13.2 Å². The number of aromatic nitrogens is 1. The molecule has 2 nitrogen and oxygen atoms in total. The summed E-state index contributed by atoms with van der Waals surface area (Å²) in [6.07, 6.45) is -3.13. The Balaban J connectivity index is 2.44. The van der Waals surface area contributed by atoms with E-state index in [1.54, 1.807) is 12.1 Å². The van der Waals surface area contributed by atoms with Gasteiger partial charge in [-0.3, -0.25) is 4.98 Å². The number of aryl methyl sites for hydroxylation is 1. The Morgan fingerprint density at radius 1 is 1.11 bits per heavy atom. The van der Waals surface area contributed by atoms with Crippen molar-refractivity contribution < 1.29 is 13.2 Å². The summed E-state index contributed by atoms with van der Waals surface area (Å²) < 4.78 is 38.7. The lowest BCUT2D eigenvalue weighted by atomic mass is 9.99. The third kappa shape index (κ3) is 2.93. The predicted octanol–water partition coefficient (Wildman–Crippen LogP) is 3.46. The molecule has 0 bridgehead atoms. The molecule has 19 heavy (non-hydrogen) atoms. The Morgan fingerprint density at radius 2 is 1.74 bits per heavy atom. The molecule has 0 aliphatic rings. The summed E-state index contributed by atoms with van der Waals surface area (Å²) in [7, 11) is 0. The molecule has 2 N–H and O–H groups in total. The number of nitrogens with zero attached hydrogens (tertiary/aromatic N) is 1. The second kappa shape index (κ2) is 5.01. The van der Waals surface area contributed by atoms with Gasteiger partial charge in [0.05, 0.1) is 17.3 Å². The van der Waals surface area contributed by atoms with Crippen LogP contribution in [0.15, 0.2) is 42.6 Å². The number of pyridine rings is 1. The SMILES string of the molecule is Cc1ccc(C(N)c2ncccc2C(F)(F)F)cc1. The zero-order valence-corrected chi connectivity index (χ0v) is 10.3. The lowest BCUT2D eigenvalue weighted by molar-refractivity contribution is -0.138. The number of hydrogen-bond donors (Lipinski definition) is 1. The standard InChI is InChI=1S/C14H13F3N2/c1-9-4-6-10(7-5-9)12(18)13-11(14(15,16)17)3-2-8-19-13/h2-8,12H,18H2,1H3. The normalized spacial score (nSPS) is 13.3. The second-order valence-electron chi connectivity index (χ2n) is 4.32. The molecule has 100 valence electrons. The third-order valence-corrected chi connectivity index (χ3v) is 2.87. The van der Waals surface area contributed by atoms with Crippen molar-refractivity contribution in [3.8, 4) is 0 Å². The largest absolute Gasteiger partial charge is 0.418 e. The highest BCUT2D eigenvalue weighted by atomic mass is 19.4. The molecule has 1 atom stereocenters. The van der Waals surface area contributed by atoms with E-state index in [-0.39, 0.29) is 5.69 Å². The summed E-state index contributed by atoms with van der Waals surface area (Å²) in [5.41, 5.74) is 6.59. The van der Waals surface area contributed by atoms with Crippen molar-refractivity contribution in [2.75, 3.05) is 0 Å². The Bertz CT molecular complexity index is 562. The van der Waals surface area contributed by atoms with E-state index in [0.717, 1.165) is 11.6 Å². The summed E-state index contributed by atoms with van der Waals surface area (Å²) in [4.78, 5) is 3.80. The van der Waals surface area contributed by atoms with E-state index < -0.39 is 17.8 Å². The highest BCUT2D eigenvalue weighted by Crippen LogP contribution is 2.34. The average molecular weight is 266 g/mol. The Morgan fingerprint density at radius 3 is 2.32 bits per heavy atom. The molecule has 2 rings (SSSR count). The van der Waals surface area contributed by atoms with Gasteiger partial charge in [-0.1, -0.05) is 29.8 Å². The van der Waals surface area contributed by atoms with Crippen molar-refractivity contribution in [3.63, 3.8) is 0 Å². The number of hydrogen-bond acceptors (Lipinski definition) is 2. The lowest BCUT2D eigenvalue weighted by Gasteiger charge is -2.17. The van der Waals surface area contributed by atoms with E-state index in [4.69, 9.17) is 5.73 Å². The molecular formula is C14H13F3N2. The number of alkyl halides is 3. The fourth-order valence-corrected chi connectivity index (χ4v) is 1.84. The Labute approximate surface area is 109 Å². The monoisotopic (exact) mass is 266 g/mol. The van der Waals surface area contributed by atoms with E-state index in [2.05, 4.69) is 4.98 Å². The van der Waals surface area contributed by atoms with Gasteiger partial charge < -0.3 is 5.73 Å². The molecule has 1 heterocycles. The van der Waals surface area contributed by atoms with E-state index in [0.29, 0.717) is 5.56 Å². The van der Waals surface area contributed by atoms with E-state index >= 15 is 0 Å². The molecule has 1 aromatic heterocycles. The van der Waals surface area contributed by atoms with Gasteiger partial charge >= 0.3 is 6.18 Å². The first kappa shape index (κ1) is 13.5. The lowest BCUT2D eigenvalue weighted by Crippen LogP contribution is -2.20. The molecule has 0 fully saturated rings. The average Bonchev–Trinajstić information content (AvgIpc) is 2.38. The first-order valence-electron chi connectivity index (χ1n) is 5.74. The number of benzene rings is 1. The van der Waals surface area contributed by atoms with Gasteiger partial charge in [0.2, 0.25) is 0 Å². The van der Waals surface area contributed by atoms with E-state index in [1.807, 2.05) is 19.1 Å². The topological polar surface area (TPSA) is 38.9 Å². The third-order valence-electron chi connectivity index (χ3n) is 2.87. The summed E-state index contributed by atoms with van der Waals surface area (Å²) >= 11 is 0. The highest BCUT2D eigenvalue weighted by Gasteiger charge is 2.35. The van der Waals surface area contributed by atoms with Crippen LogP contribution < -0.4 is 5.73 Å². The van der Waals surface area contributed by atoms with Gasteiger partial charge in [0.15, 0.2) is 0 Å². The van der Waals surface area contributed by atoms with Gasteiger partial charge in [-0.05, 0) is 24.6 Å². The van der Waals surface area contributed by atoms with Gasteiger partial charge in [0, 0.05) is 6.20 Å². The van der Waals surface area contributed by atoms with Crippen LogP contribution in [-0.2, 0) is 6.18 Å². The van der Waals surface area contributed by atoms with Crippen LogP contribution in [0.1, 0.15) is 28.4 Å². The molecule has 1 aromatic carbocycles. The van der Waals surface area contributed by atoms with Crippen molar-refractivity contribution in [1.29, 1.82) is 0 Å². The summed E-state index contributed by atoms with van der Waals surface area (Å²) in [5.74, 6) is 0. The van der Waals surface area contributed by atoms with Crippen molar-refractivity contribution in [1.82, 2.24) is 4.98 Å². The molecule has 0 radical (unpaired) electrons. The number of rotatable bonds is 2. The highest BCUT2D eigenvalue weighted by molar-refractivity contribution is 5.34. The van der Waals surface area contributed by atoms with Crippen LogP contribution >= 0.6 is 0 Å². The summed E-state index contributed by atoms with van der Waals surface area (Å²) in [6.45, 7) is 1.90. The van der Waals surface area contributed by atoms with Crippen molar-refractivity contribution >= 4 is 0 Å². The van der Waals surface area contributed by atoms with Crippen molar-refractivity contribution in [2.45, 2.75) is 19.1 Å². The molecule has 0 saturated heterocycles. The van der Waals surface area contributed by atoms with Crippen molar-refractivity contribution in [2.24, 2.45) is 5.73 Å². The number of nitrogens with two attached hydrogens (primary N) is 1. The molecule has 0 amide bonds. The molecular weight excluding hydrogens is 253 g/mol. The zero-order valence-electron chi connectivity index (χ0n) is 10.3. The second-order valence-corrected chi connectivity index (χ2v) is 4.32. The minimum absolute atomic E-state index is 0.154. The maximum Gasteiger partial charge on any atom is 0.418 e. The molecule has 1 unspecified atom stereocenters. The van der Waals surface area contributed by atoms with E-state index in [9.17, 15) is 13.2 Å². The van der Waals surface area contributed by atoms with Crippen LogP contribution in [0.5, 0.6) is 0 Å². The predicted molar refractivity (Wildman–Crippen MR) is 66.4 cm³/mol. The zero-order chi connectivity index (χ0) is 14.0. The van der Waals surface area contributed by atoms with Crippen molar-refractivity contribution in [3.05, 3.63) is 65.0 Å². The quantitative estimate of drug-likeness (QED) is 0.904. The summed E-state index contributed by atoms with van der Waals surface area (Å²) in [6, 6.07) is 8.42. The van der Waals surface area contributed by atoms with Gasteiger partial charge in [-0.2, -0.15) is 13.2 Å². The van der Waals surface area contributed by atoms with Gasteiger partial charge in [-0.15, -0.1) is 0 Å². The minimum atomic E-state index is -4.45. The van der Waals surface area contributed by atoms with Crippen LogP contribution in [0.25, 0.3) is 0 Å². The van der Waals surface area contributed by atoms with Crippen LogP contribution in [0.2, 0.25) is 0 Å². The minimum Gasteiger partial charge on any atom is -0.319 e. The van der Waals surface area contributed by atoms with Gasteiger partial charge in [-0.25, -0.2) is 0 Å². The first-order valence-corrected chi connectivity index (χ1v) is 5.74. The molecule has 2 aromatic rings. The molecule has 0 saturated carbocycles. The van der Waals surface area contributed by atoms with Crippen LogP contribution in [-0.4, -0.2) is 4.98 Å². The molecule has 5 heteroatoms. The molecule has 0 spiro atoms. The molecule has 0 aliphatic carbocycles. The maximum atomic E-state index is 12.9. The van der Waals surface area contributed by atoms with E-state index in [1.165, 1.54) is 12.3 Å². The van der Waals surface area contributed by atoms with Crippen LogP contribution in [0.3, 0.4) is 0 Å². The van der Waals surface area contributed by atoms with Gasteiger partial charge in [0.25, 0.3) is 0 Å². The van der Waals surface area contributed by atoms with Gasteiger partial charge in [0.1, 0.15) is 0 Å². The summed E-state index contributed by atoms with van der Waals surface area (Å²) in [5, 5.41) is 0. The fourth-order valence-electron chi connectivity index (χ4n) is 1.84. The first-order chi connectivity index (χ1) is 8.89. The fraction of sp³-hybridized carbons (Fsp3) is 0.214.